The zero-order chi connectivity index (χ0) is 16.5. The monoisotopic (exact) mass is 336 g/mol. The van der Waals surface area contributed by atoms with Gasteiger partial charge in [-0.3, -0.25) is 14.4 Å². The standard InChI is InChI=1S/C16H20N2O4.2CH4/c1-11(19)7-8-15(20)18-10-13-6-4-3-5-12(13)9-14(17-2)16(21)22;;/h3-8,14,17H,9-10H2,1-2H3,(H,18,20)(H,21,22);2*1H4/b8-7+;;/t14-;;/m0../s1. The highest BCUT2D eigenvalue weighted by Crippen LogP contribution is 2.11. The molecule has 0 bridgehead atoms. The summed E-state index contributed by atoms with van der Waals surface area (Å²) >= 11 is 0. The van der Waals surface area contributed by atoms with Gasteiger partial charge in [0.1, 0.15) is 6.04 Å². The zero-order valence-corrected chi connectivity index (χ0v) is 12.6. The molecule has 0 saturated carbocycles. The normalized spacial score (nSPS) is 11.1. The number of carbonyl (C=O) groups is 3. The summed E-state index contributed by atoms with van der Waals surface area (Å²) in [5.74, 6) is -1.49. The van der Waals surface area contributed by atoms with Crippen molar-refractivity contribution in [1.29, 1.82) is 0 Å². The Kier molecular flexibility index (Phi) is 11.9. The minimum absolute atomic E-state index is 0. The Morgan fingerprint density at radius 1 is 1.12 bits per heavy atom. The third-order valence-corrected chi connectivity index (χ3v) is 3.11. The van der Waals surface area contributed by atoms with Crippen molar-refractivity contribution >= 4 is 17.7 Å². The summed E-state index contributed by atoms with van der Waals surface area (Å²) < 4.78 is 0. The lowest BCUT2D eigenvalue weighted by atomic mass is 10.00. The van der Waals surface area contributed by atoms with Crippen LogP contribution in [0.25, 0.3) is 0 Å². The summed E-state index contributed by atoms with van der Waals surface area (Å²) in [6.45, 7) is 1.64. The SMILES string of the molecule is C.C.CN[C@@H](Cc1ccccc1CNC(=O)/C=C/C(C)=O)C(=O)O. The maximum atomic E-state index is 11.6. The predicted molar refractivity (Wildman–Crippen MR) is 95.8 cm³/mol. The number of allylic oxidation sites excluding steroid dienone is 1. The number of amides is 1. The molecule has 6 nitrogen and oxygen atoms in total. The molecule has 0 spiro atoms. The maximum Gasteiger partial charge on any atom is 0.321 e. The van der Waals surface area contributed by atoms with Gasteiger partial charge in [0.05, 0.1) is 0 Å². The van der Waals surface area contributed by atoms with Gasteiger partial charge in [-0.25, -0.2) is 0 Å². The van der Waals surface area contributed by atoms with E-state index >= 15 is 0 Å². The molecule has 1 atom stereocenters. The van der Waals surface area contributed by atoms with Crippen molar-refractivity contribution in [1.82, 2.24) is 10.6 Å². The van der Waals surface area contributed by atoms with E-state index < -0.39 is 12.0 Å². The van der Waals surface area contributed by atoms with Crippen molar-refractivity contribution in [2.24, 2.45) is 0 Å². The van der Waals surface area contributed by atoms with Crippen molar-refractivity contribution in [2.75, 3.05) is 7.05 Å². The van der Waals surface area contributed by atoms with Crippen LogP contribution in [0.5, 0.6) is 0 Å². The lowest BCUT2D eigenvalue weighted by molar-refractivity contribution is -0.139. The number of aliphatic carboxylic acids is 1. The number of rotatable bonds is 8. The first-order valence-corrected chi connectivity index (χ1v) is 6.87. The van der Waals surface area contributed by atoms with E-state index in [1.54, 1.807) is 7.05 Å². The molecular formula is C18H28N2O4. The van der Waals surface area contributed by atoms with Crippen LogP contribution in [0.1, 0.15) is 32.9 Å². The van der Waals surface area contributed by atoms with Gasteiger partial charge in [-0.05, 0) is 37.6 Å². The fourth-order valence-electron chi connectivity index (χ4n) is 1.90. The van der Waals surface area contributed by atoms with Crippen molar-refractivity contribution in [3.05, 3.63) is 47.5 Å². The second kappa shape index (κ2) is 12.0. The Balaban J connectivity index is 0. The fourth-order valence-corrected chi connectivity index (χ4v) is 1.90. The minimum atomic E-state index is -0.925. The first-order valence-electron chi connectivity index (χ1n) is 6.87. The lowest BCUT2D eigenvalue weighted by Gasteiger charge is -2.14. The Morgan fingerprint density at radius 2 is 1.71 bits per heavy atom. The van der Waals surface area contributed by atoms with Gasteiger partial charge in [0, 0.05) is 12.6 Å². The van der Waals surface area contributed by atoms with Gasteiger partial charge in [-0.2, -0.15) is 0 Å². The van der Waals surface area contributed by atoms with Gasteiger partial charge in [-0.1, -0.05) is 39.1 Å². The van der Waals surface area contributed by atoms with Crippen LogP contribution in [-0.4, -0.2) is 35.9 Å². The average Bonchev–Trinajstić information content (AvgIpc) is 2.49. The molecule has 1 amide bonds. The van der Waals surface area contributed by atoms with Crippen molar-refractivity contribution in [3.8, 4) is 0 Å². The molecule has 1 rings (SSSR count). The number of likely N-dealkylation sites (N-methyl/N-ethyl adjacent to an activating group) is 1. The van der Waals surface area contributed by atoms with E-state index in [2.05, 4.69) is 10.6 Å². The van der Waals surface area contributed by atoms with Crippen LogP contribution in [0.2, 0.25) is 0 Å². The molecule has 0 aliphatic heterocycles. The number of benzene rings is 1. The number of ketones is 1. The number of hydrogen-bond donors (Lipinski definition) is 3. The van der Waals surface area contributed by atoms with Crippen LogP contribution in [0.3, 0.4) is 0 Å². The number of carbonyl (C=O) groups excluding carboxylic acids is 2. The largest absolute Gasteiger partial charge is 0.480 e. The van der Waals surface area contributed by atoms with Crippen LogP contribution in [-0.2, 0) is 27.3 Å². The van der Waals surface area contributed by atoms with E-state index in [-0.39, 0.29) is 33.1 Å². The first-order chi connectivity index (χ1) is 10.4. The molecular weight excluding hydrogens is 308 g/mol. The van der Waals surface area contributed by atoms with E-state index in [1.807, 2.05) is 24.3 Å². The van der Waals surface area contributed by atoms with Crippen LogP contribution in [0.15, 0.2) is 36.4 Å². The smallest absolute Gasteiger partial charge is 0.321 e. The van der Waals surface area contributed by atoms with E-state index in [1.165, 1.54) is 19.1 Å². The molecule has 6 heteroatoms. The van der Waals surface area contributed by atoms with Crippen LogP contribution < -0.4 is 10.6 Å². The number of carboxylic acids is 1. The van der Waals surface area contributed by atoms with Gasteiger partial charge in [0.25, 0.3) is 0 Å². The molecule has 0 heterocycles. The zero-order valence-electron chi connectivity index (χ0n) is 12.6. The van der Waals surface area contributed by atoms with Gasteiger partial charge in [-0.15, -0.1) is 0 Å². The number of carboxylic acid groups (broad SMARTS) is 1. The highest BCUT2D eigenvalue weighted by atomic mass is 16.4. The molecule has 134 valence electrons. The molecule has 0 fully saturated rings. The average molecular weight is 336 g/mol. The quantitative estimate of drug-likeness (QED) is 0.631. The topological polar surface area (TPSA) is 95.5 Å². The van der Waals surface area contributed by atoms with Gasteiger partial charge >= 0.3 is 5.97 Å². The highest BCUT2D eigenvalue weighted by Gasteiger charge is 2.16. The van der Waals surface area contributed by atoms with E-state index in [0.717, 1.165) is 11.1 Å². The van der Waals surface area contributed by atoms with Crippen LogP contribution in [0, 0.1) is 0 Å². The molecule has 0 radical (unpaired) electrons. The molecule has 24 heavy (non-hydrogen) atoms. The van der Waals surface area contributed by atoms with Crippen molar-refractivity contribution < 1.29 is 19.5 Å². The van der Waals surface area contributed by atoms with Gasteiger partial charge < -0.3 is 15.7 Å². The first kappa shape index (κ1) is 23.8. The summed E-state index contributed by atoms with van der Waals surface area (Å²) in [5.41, 5.74) is 1.69. The molecule has 0 aliphatic rings. The Morgan fingerprint density at radius 3 is 2.21 bits per heavy atom. The Bertz CT molecular complexity index is 582. The minimum Gasteiger partial charge on any atom is -0.480 e. The van der Waals surface area contributed by atoms with Gasteiger partial charge in [0.2, 0.25) is 5.91 Å². The molecule has 1 aromatic carbocycles. The Labute approximate surface area is 144 Å². The lowest BCUT2D eigenvalue weighted by Crippen LogP contribution is -2.36. The highest BCUT2D eigenvalue weighted by molar-refractivity contribution is 5.96. The van der Waals surface area contributed by atoms with Crippen molar-refractivity contribution in [2.45, 2.75) is 40.8 Å². The predicted octanol–water partition coefficient (Wildman–Crippen LogP) is 1.94. The third-order valence-electron chi connectivity index (χ3n) is 3.11. The summed E-state index contributed by atoms with van der Waals surface area (Å²) in [7, 11) is 1.59. The Hall–Kier alpha value is -2.47. The van der Waals surface area contributed by atoms with E-state index in [9.17, 15) is 14.4 Å². The molecule has 3 N–H and O–H groups in total. The summed E-state index contributed by atoms with van der Waals surface area (Å²) in [5, 5.41) is 14.5. The van der Waals surface area contributed by atoms with E-state index in [0.29, 0.717) is 6.42 Å². The second-order valence-corrected chi connectivity index (χ2v) is 4.81. The van der Waals surface area contributed by atoms with Crippen molar-refractivity contribution in [3.63, 3.8) is 0 Å². The third kappa shape index (κ3) is 8.24. The number of hydrogen-bond acceptors (Lipinski definition) is 4. The maximum absolute atomic E-state index is 11.6. The molecule has 0 saturated heterocycles. The molecule has 0 aliphatic carbocycles. The summed E-state index contributed by atoms with van der Waals surface area (Å²) in [6.07, 6.45) is 2.70. The molecule has 0 aromatic heterocycles. The molecule has 0 unspecified atom stereocenters. The van der Waals surface area contributed by atoms with Crippen LogP contribution >= 0.6 is 0 Å². The fraction of sp³-hybridized carbons (Fsp3) is 0.389. The summed E-state index contributed by atoms with van der Waals surface area (Å²) in [6, 6.07) is 6.63. The molecule has 1 aromatic rings. The second-order valence-electron chi connectivity index (χ2n) is 4.81. The van der Waals surface area contributed by atoms with E-state index in [4.69, 9.17) is 5.11 Å². The number of nitrogens with one attached hydrogen (secondary N) is 2. The van der Waals surface area contributed by atoms with Gasteiger partial charge in [0.15, 0.2) is 5.78 Å². The van der Waals surface area contributed by atoms with Crippen LogP contribution in [0.4, 0.5) is 0 Å². The summed E-state index contributed by atoms with van der Waals surface area (Å²) in [4.78, 5) is 33.4.